The van der Waals surface area contributed by atoms with Crippen molar-refractivity contribution >= 4 is 11.7 Å². The first kappa shape index (κ1) is 11.7. The Hall–Kier alpha value is -1.40. The molecule has 1 aliphatic heterocycles. The van der Waals surface area contributed by atoms with Crippen molar-refractivity contribution in [2.24, 2.45) is 11.7 Å². The van der Waals surface area contributed by atoms with Crippen molar-refractivity contribution in [2.75, 3.05) is 18.4 Å². The third-order valence-electron chi connectivity index (χ3n) is 3.93. The molecule has 3 rings (SSSR count). The molecule has 2 atom stereocenters. The van der Waals surface area contributed by atoms with E-state index in [9.17, 15) is 4.79 Å². The molecule has 6 nitrogen and oxygen atoms in total. The number of amides is 1. The van der Waals surface area contributed by atoms with Gasteiger partial charge in [-0.25, -0.2) is 4.68 Å². The first-order valence-corrected chi connectivity index (χ1v) is 6.56. The molecule has 0 spiro atoms. The Morgan fingerprint density at radius 3 is 2.94 bits per heavy atom. The summed E-state index contributed by atoms with van der Waals surface area (Å²) in [5.41, 5.74) is 5.95. The van der Waals surface area contributed by atoms with Crippen molar-refractivity contribution in [3.8, 4) is 0 Å². The number of hydrogen-bond donors (Lipinski definition) is 3. The first-order chi connectivity index (χ1) is 8.75. The molecule has 2 unspecified atom stereocenters. The average Bonchev–Trinajstić information content (AvgIpc) is 2.86. The van der Waals surface area contributed by atoms with Crippen molar-refractivity contribution in [1.82, 2.24) is 15.1 Å². The highest BCUT2D eigenvalue weighted by Crippen LogP contribution is 2.26. The zero-order chi connectivity index (χ0) is 12.5. The van der Waals surface area contributed by atoms with Crippen LogP contribution in [0.5, 0.6) is 0 Å². The van der Waals surface area contributed by atoms with Crippen molar-refractivity contribution in [2.45, 2.75) is 31.3 Å². The molecule has 0 aromatic carbocycles. The summed E-state index contributed by atoms with van der Waals surface area (Å²) >= 11 is 0. The van der Waals surface area contributed by atoms with Crippen LogP contribution in [0, 0.1) is 5.92 Å². The summed E-state index contributed by atoms with van der Waals surface area (Å²) in [5, 5.41) is 10.4. The fraction of sp³-hybridized carbons (Fsp3) is 0.667. The van der Waals surface area contributed by atoms with Gasteiger partial charge >= 0.3 is 0 Å². The topological polar surface area (TPSA) is 85.0 Å². The van der Waals surface area contributed by atoms with Crippen LogP contribution < -0.4 is 16.4 Å². The Labute approximate surface area is 106 Å². The van der Waals surface area contributed by atoms with Gasteiger partial charge in [-0.3, -0.25) is 4.79 Å². The molecule has 1 saturated heterocycles. The second-order valence-electron chi connectivity index (χ2n) is 5.16. The van der Waals surface area contributed by atoms with E-state index in [0.717, 1.165) is 38.2 Å². The highest BCUT2D eigenvalue weighted by Gasteiger charge is 2.31. The van der Waals surface area contributed by atoms with Gasteiger partial charge in [-0.1, -0.05) is 6.42 Å². The molecule has 98 valence electrons. The number of nitrogens with one attached hydrogen (secondary N) is 2. The van der Waals surface area contributed by atoms with Crippen molar-refractivity contribution in [3.63, 3.8) is 0 Å². The highest BCUT2D eigenvalue weighted by atomic mass is 16.2. The molecule has 6 heteroatoms. The Bertz CT molecular complexity index is 439. The predicted molar refractivity (Wildman–Crippen MR) is 68.1 cm³/mol. The minimum Gasteiger partial charge on any atom is -0.327 e. The normalized spacial score (nSPS) is 28.1. The van der Waals surface area contributed by atoms with Gasteiger partial charge in [-0.2, -0.15) is 5.10 Å². The molecule has 1 amide bonds. The number of carbonyl (C=O) groups is 1. The second kappa shape index (κ2) is 4.70. The lowest BCUT2D eigenvalue weighted by molar-refractivity contribution is -0.120. The van der Waals surface area contributed by atoms with Crippen LogP contribution in [-0.4, -0.2) is 34.8 Å². The van der Waals surface area contributed by atoms with Crippen molar-refractivity contribution in [3.05, 3.63) is 12.3 Å². The van der Waals surface area contributed by atoms with E-state index in [1.165, 1.54) is 0 Å². The lowest BCUT2D eigenvalue weighted by Crippen LogP contribution is -2.44. The van der Waals surface area contributed by atoms with E-state index in [2.05, 4.69) is 15.7 Å². The lowest BCUT2D eigenvalue weighted by atomic mass is 10.0. The van der Waals surface area contributed by atoms with Crippen LogP contribution >= 0.6 is 0 Å². The van der Waals surface area contributed by atoms with Crippen molar-refractivity contribution < 1.29 is 4.79 Å². The largest absolute Gasteiger partial charge is 0.327 e. The van der Waals surface area contributed by atoms with Gasteiger partial charge in [0.1, 0.15) is 5.82 Å². The molecule has 4 N–H and O–H groups in total. The fourth-order valence-electron chi connectivity index (χ4n) is 2.68. The fourth-order valence-corrected chi connectivity index (χ4v) is 2.68. The van der Waals surface area contributed by atoms with E-state index in [1.54, 1.807) is 6.20 Å². The predicted octanol–water partition coefficient (Wildman–Crippen LogP) is 0.0933. The van der Waals surface area contributed by atoms with Gasteiger partial charge in [0.15, 0.2) is 0 Å². The minimum atomic E-state index is -0.0483. The number of nitrogens with zero attached hydrogens (tertiary/aromatic N) is 2. The summed E-state index contributed by atoms with van der Waals surface area (Å²) in [7, 11) is 0. The lowest BCUT2D eigenvalue weighted by Gasteiger charge is -2.29. The van der Waals surface area contributed by atoms with E-state index in [-0.39, 0.29) is 17.9 Å². The van der Waals surface area contributed by atoms with E-state index >= 15 is 0 Å². The number of nitrogens with two attached hydrogens (primary N) is 1. The molecule has 0 radical (unpaired) electrons. The molecule has 1 saturated carbocycles. The molecule has 1 aromatic heterocycles. The van der Waals surface area contributed by atoms with Crippen LogP contribution in [0.15, 0.2) is 12.3 Å². The monoisotopic (exact) mass is 249 g/mol. The smallest absolute Gasteiger partial charge is 0.230 e. The molecule has 1 aromatic rings. The summed E-state index contributed by atoms with van der Waals surface area (Å²) in [6, 6.07) is 2.20. The van der Waals surface area contributed by atoms with Crippen LogP contribution in [0.3, 0.4) is 0 Å². The van der Waals surface area contributed by atoms with Crippen LogP contribution in [0.2, 0.25) is 0 Å². The minimum absolute atomic E-state index is 0.00624. The van der Waals surface area contributed by atoms with Crippen LogP contribution in [0.4, 0.5) is 5.82 Å². The van der Waals surface area contributed by atoms with E-state index in [1.807, 2.05) is 10.7 Å². The van der Waals surface area contributed by atoms with Gasteiger partial charge in [0.25, 0.3) is 0 Å². The highest BCUT2D eigenvalue weighted by molar-refractivity contribution is 5.92. The van der Waals surface area contributed by atoms with Crippen LogP contribution in [0.25, 0.3) is 0 Å². The summed E-state index contributed by atoms with van der Waals surface area (Å²) in [5.74, 6) is 0.771. The average molecular weight is 249 g/mol. The maximum atomic E-state index is 12.2. The van der Waals surface area contributed by atoms with Gasteiger partial charge in [-0.05, 0) is 12.8 Å². The SMILES string of the molecule is NC1CCCC1C(=O)Nc1ccnn1C1CNC1. The molecule has 2 aliphatic rings. The Morgan fingerprint density at radius 2 is 2.33 bits per heavy atom. The van der Waals surface area contributed by atoms with E-state index < -0.39 is 0 Å². The first-order valence-electron chi connectivity index (χ1n) is 6.56. The number of anilines is 1. The summed E-state index contributed by atoms with van der Waals surface area (Å²) < 4.78 is 1.88. The number of carbonyl (C=O) groups excluding carboxylic acids is 1. The zero-order valence-electron chi connectivity index (χ0n) is 10.3. The second-order valence-corrected chi connectivity index (χ2v) is 5.16. The third-order valence-corrected chi connectivity index (χ3v) is 3.93. The Morgan fingerprint density at radius 1 is 1.50 bits per heavy atom. The molecular formula is C12H19N5O. The molecule has 2 heterocycles. The standard InChI is InChI=1S/C12H19N5O/c13-10-3-1-2-9(10)12(18)16-11-4-5-15-17(11)8-6-14-7-8/h4-5,8-10,14H,1-3,6-7,13H2,(H,16,18). The summed E-state index contributed by atoms with van der Waals surface area (Å²) in [4.78, 5) is 12.2. The van der Waals surface area contributed by atoms with Gasteiger partial charge in [0, 0.05) is 25.2 Å². The maximum absolute atomic E-state index is 12.2. The van der Waals surface area contributed by atoms with Gasteiger partial charge < -0.3 is 16.4 Å². The summed E-state index contributed by atoms with van der Waals surface area (Å²) in [6.45, 7) is 1.82. The number of hydrogen-bond acceptors (Lipinski definition) is 4. The van der Waals surface area contributed by atoms with Gasteiger partial charge in [-0.15, -0.1) is 0 Å². The molecule has 1 aliphatic carbocycles. The van der Waals surface area contributed by atoms with Gasteiger partial charge in [0.2, 0.25) is 5.91 Å². The van der Waals surface area contributed by atoms with Gasteiger partial charge in [0.05, 0.1) is 18.2 Å². The third kappa shape index (κ3) is 2.02. The van der Waals surface area contributed by atoms with E-state index in [0.29, 0.717) is 6.04 Å². The van der Waals surface area contributed by atoms with Crippen molar-refractivity contribution in [1.29, 1.82) is 0 Å². The van der Waals surface area contributed by atoms with E-state index in [4.69, 9.17) is 5.73 Å². The van der Waals surface area contributed by atoms with Crippen LogP contribution in [0.1, 0.15) is 25.3 Å². The Kier molecular flexibility index (Phi) is 3.05. The molecule has 18 heavy (non-hydrogen) atoms. The quantitative estimate of drug-likeness (QED) is 0.709. The molecule has 0 bridgehead atoms. The van der Waals surface area contributed by atoms with Crippen LogP contribution in [-0.2, 0) is 4.79 Å². The number of aromatic nitrogens is 2. The Balaban J connectivity index is 1.68. The number of rotatable bonds is 3. The molecular weight excluding hydrogens is 230 g/mol. The zero-order valence-corrected chi connectivity index (χ0v) is 10.3. The molecule has 2 fully saturated rings. The maximum Gasteiger partial charge on any atom is 0.230 e. The summed E-state index contributed by atoms with van der Waals surface area (Å²) in [6.07, 6.45) is 4.61.